The zero-order valence-electron chi connectivity index (χ0n) is 15.1. The molecule has 2 aromatic carbocycles. The number of anilines is 2. The molecule has 0 unspecified atom stereocenters. The second kappa shape index (κ2) is 9.93. The number of nitrogens with zero attached hydrogens (tertiary/aromatic N) is 2. The molecule has 0 aliphatic rings. The minimum Gasteiger partial charge on any atom is -0.379 e. The number of hydrogen-bond donors (Lipinski definition) is 0. The lowest BCUT2D eigenvalue weighted by molar-refractivity contribution is -0.137. The van der Waals surface area contributed by atoms with Crippen LogP contribution in [-0.4, -0.2) is 30.1 Å². The molecule has 29 heavy (non-hydrogen) atoms. The van der Waals surface area contributed by atoms with E-state index in [1.165, 1.54) is 23.5 Å². The van der Waals surface area contributed by atoms with E-state index in [1.54, 1.807) is 6.07 Å². The monoisotopic (exact) mass is 504 g/mol. The predicted molar refractivity (Wildman–Crippen MR) is 116 cm³/mol. The van der Waals surface area contributed by atoms with E-state index in [4.69, 9.17) is 16.3 Å². The van der Waals surface area contributed by atoms with Gasteiger partial charge in [0.05, 0.1) is 24.5 Å². The van der Waals surface area contributed by atoms with Crippen LogP contribution < -0.4 is 4.90 Å². The Morgan fingerprint density at radius 2 is 1.86 bits per heavy atom. The normalized spacial score (nSPS) is 11.6. The fraction of sp³-hybridized carbons (Fsp3) is 0.250. The molecule has 1 heterocycles. The molecule has 0 N–H and O–H groups in total. The van der Waals surface area contributed by atoms with Gasteiger partial charge in [-0.25, -0.2) is 4.98 Å². The lowest BCUT2D eigenvalue weighted by atomic mass is 10.2. The Balaban J connectivity index is 1.87. The summed E-state index contributed by atoms with van der Waals surface area (Å²) in [6.45, 7) is 1.42. The molecule has 0 saturated carbocycles. The van der Waals surface area contributed by atoms with Gasteiger partial charge in [0.2, 0.25) is 0 Å². The summed E-state index contributed by atoms with van der Waals surface area (Å²) in [5.74, 6) is 0. The van der Waals surface area contributed by atoms with Gasteiger partial charge in [0.1, 0.15) is 0 Å². The van der Waals surface area contributed by atoms with Crippen molar-refractivity contribution in [1.82, 2.24) is 4.98 Å². The van der Waals surface area contributed by atoms with Crippen molar-refractivity contribution in [1.29, 1.82) is 0 Å². The molecule has 0 aliphatic heterocycles. The third kappa shape index (κ3) is 5.94. The summed E-state index contributed by atoms with van der Waals surface area (Å²) in [6, 6.07) is 12.4. The van der Waals surface area contributed by atoms with Crippen LogP contribution in [0.15, 0.2) is 53.9 Å². The number of benzene rings is 2. The Bertz CT molecular complexity index is 934. The molecule has 0 amide bonds. The molecular weight excluding hydrogens is 489 g/mol. The van der Waals surface area contributed by atoms with E-state index in [1.807, 2.05) is 28.5 Å². The number of hydrogen-bond acceptors (Lipinski definition) is 4. The highest BCUT2D eigenvalue weighted by Crippen LogP contribution is 2.35. The third-order valence-corrected chi connectivity index (χ3v) is 5.45. The van der Waals surface area contributed by atoms with Gasteiger partial charge in [-0.3, -0.25) is 0 Å². The Morgan fingerprint density at radius 1 is 1.10 bits per heavy atom. The van der Waals surface area contributed by atoms with E-state index >= 15 is 0 Å². The molecule has 154 valence electrons. The maximum atomic E-state index is 12.9. The van der Waals surface area contributed by atoms with E-state index in [-0.39, 0.29) is 0 Å². The van der Waals surface area contributed by atoms with E-state index in [0.29, 0.717) is 40.9 Å². The van der Waals surface area contributed by atoms with Crippen molar-refractivity contribution in [3.8, 4) is 11.3 Å². The van der Waals surface area contributed by atoms with Crippen molar-refractivity contribution in [3.05, 3.63) is 64.5 Å². The number of rotatable bonds is 8. The minimum absolute atomic E-state index is 0.415. The number of thiazole rings is 1. The van der Waals surface area contributed by atoms with Crippen molar-refractivity contribution >= 4 is 49.7 Å². The maximum Gasteiger partial charge on any atom is 0.416 e. The number of aromatic nitrogens is 1. The summed E-state index contributed by atoms with van der Waals surface area (Å²) in [6.07, 6.45) is -4.37. The summed E-state index contributed by atoms with van der Waals surface area (Å²) < 4.78 is 44.2. The molecule has 0 spiro atoms. The van der Waals surface area contributed by atoms with Gasteiger partial charge in [-0.05, 0) is 36.4 Å². The standard InChI is InChI=1S/C20H17BrClF3N2OS/c21-8-10-28-11-9-27(17-6-4-15(5-7-17)20(23,24)25)19-26-18(13-29-19)14-2-1-3-16(22)12-14/h1-7,12-13H,8-11H2. The van der Waals surface area contributed by atoms with Crippen molar-refractivity contribution in [2.45, 2.75) is 6.18 Å². The Morgan fingerprint density at radius 3 is 2.52 bits per heavy atom. The van der Waals surface area contributed by atoms with Crippen molar-refractivity contribution in [3.63, 3.8) is 0 Å². The van der Waals surface area contributed by atoms with Crippen molar-refractivity contribution in [2.24, 2.45) is 0 Å². The summed E-state index contributed by atoms with van der Waals surface area (Å²) in [5.41, 5.74) is 1.57. The Labute approximate surface area is 184 Å². The van der Waals surface area contributed by atoms with Gasteiger partial charge in [0, 0.05) is 33.5 Å². The zero-order valence-corrected chi connectivity index (χ0v) is 18.3. The van der Waals surface area contributed by atoms with Crippen LogP contribution in [0.5, 0.6) is 0 Å². The summed E-state index contributed by atoms with van der Waals surface area (Å²) >= 11 is 10.8. The maximum absolute atomic E-state index is 12.9. The fourth-order valence-corrected chi connectivity index (χ4v) is 3.95. The lowest BCUT2D eigenvalue weighted by Gasteiger charge is -2.22. The van der Waals surface area contributed by atoms with E-state index < -0.39 is 11.7 Å². The molecule has 9 heteroatoms. The SMILES string of the molecule is FC(F)(F)c1ccc(N(CCOCCBr)c2nc(-c3cccc(Cl)c3)cs2)cc1. The van der Waals surface area contributed by atoms with Gasteiger partial charge in [-0.2, -0.15) is 13.2 Å². The molecule has 0 fully saturated rings. The second-order valence-corrected chi connectivity index (χ2v) is 8.09. The van der Waals surface area contributed by atoms with Gasteiger partial charge in [-0.1, -0.05) is 39.7 Å². The summed E-state index contributed by atoms with van der Waals surface area (Å²) in [4.78, 5) is 6.52. The molecule has 3 rings (SSSR count). The topological polar surface area (TPSA) is 25.4 Å². The van der Waals surface area contributed by atoms with Crippen molar-refractivity contribution in [2.75, 3.05) is 30.0 Å². The molecule has 0 radical (unpaired) electrons. The van der Waals surface area contributed by atoms with Crippen LogP contribution in [0.4, 0.5) is 24.0 Å². The molecule has 1 aromatic heterocycles. The zero-order chi connectivity index (χ0) is 20.9. The molecule has 3 aromatic rings. The summed E-state index contributed by atoms with van der Waals surface area (Å²) in [7, 11) is 0. The fourth-order valence-electron chi connectivity index (χ4n) is 2.65. The van der Waals surface area contributed by atoms with Crippen molar-refractivity contribution < 1.29 is 17.9 Å². The molecule has 0 bridgehead atoms. The van der Waals surface area contributed by atoms with Crippen LogP contribution in [0.1, 0.15) is 5.56 Å². The Kier molecular flexibility index (Phi) is 7.56. The average Bonchev–Trinajstić information content (AvgIpc) is 3.17. The van der Waals surface area contributed by atoms with Crippen LogP contribution in [0.2, 0.25) is 5.02 Å². The van der Waals surface area contributed by atoms with Crippen LogP contribution in [-0.2, 0) is 10.9 Å². The van der Waals surface area contributed by atoms with Crippen LogP contribution >= 0.6 is 38.9 Å². The molecular formula is C20H17BrClF3N2OS. The lowest BCUT2D eigenvalue weighted by Crippen LogP contribution is -2.23. The first-order chi connectivity index (χ1) is 13.9. The molecule has 3 nitrogen and oxygen atoms in total. The number of ether oxygens (including phenoxy) is 1. The van der Waals surface area contributed by atoms with Gasteiger partial charge < -0.3 is 9.64 Å². The first-order valence-electron chi connectivity index (χ1n) is 8.68. The highest BCUT2D eigenvalue weighted by molar-refractivity contribution is 9.09. The first-order valence-corrected chi connectivity index (χ1v) is 11.1. The second-order valence-electron chi connectivity index (χ2n) is 6.02. The number of alkyl halides is 4. The van der Waals surface area contributed by atoms with Crippen LogP contribution in [0.3, 0.4) is 0 Å². The minimum atomic E-state index is -4.37. The quantitative estimate of drug-likeness (QED) is 0.243. The predicted octanol–water partition coefficient (Wildman–Crippen LogP) is 7.03. The molecule has 0 atom stereocenters. The van der Waals surface area contributed by atoms with Crippen LogP contribution in [0, 0.1) is 0 Å². The van der Waals surface area contributed by atoms with Gasteiger partial charge in [0.25, 0.3) is 0 Å². The highest BCUT2D eigenvalue weighted by atomic mass is 79.9. The first kappa shape index (κ1) is 22.1. The average molecular weight is 506 g/mol. The van der Waals surface area contributed by atoms with E-state index in [0.717, 1.165) is 23.4 Å². The van der Waals surface area contributed by atoms with Gasteiger partial charge >= 0.3 is 6.18 Å². The smallest absolute Gasteiger partial charge is 0.379 e. The highest BCUT2D eigenvalue weighted by Gasteiger charge is 2.30. The third-order valence-electron chi connectivity index (χ3n) is 4.03. The van der Waals surface area contributed by atoms with Gasteiger partial charge in [-0.15, -0.1) is 11.3 Å². The van der Waals surface area contributed by atoms with Crippen LogP contribution in [0.25, 0.3) is 11.3 Å². The largest absolute Gasteiger partial charge is 0.416 e. The Hall–Kier alpha value is -1.61. The van der Waals surface area contributed by atoms with E-state index in [2.05, 4.69) is 20.9 Å². The molecule has 0 saturated heterocycles. The summed E-state index contributed by atoms with van der Waals surface area (Å²) in [5, 5.41) is 3.89. The number of halogens is 5. The molecule has 0 aliphatic carbocycles. The van der Waals surface area contributed by atoms with E-state index in [9.17, 15) is 13.2 Å². The van der Waals surface area contributed by atoms with Gasteiger partial charge in [0.15, 0.2) is 5.13 Å².